The summed E-state index contributed by atoms with van der Waals surface area (Å²) in [6.07, 6.45) is 3.61. The molecule has 2 aromatic carbocycles. The van der Waals surface area contributed by atoms with Crippen LogP contribution in [0.1, 0.15) is 21.8 Å². The molecule has 1 aromatic heterocycles. The van der Waals surface area contributed by atoms with E-state index in [0.29, 0.717) is 6.54 Å². The molecule has 3 heteroatoms. The quantitative estimate of drug-likeness (QED) is 0.668. The molecule has 0 aliphatic heterocycles. The van der Waals surface area contributed by atoms with E-state index in [-0.39, 0.29) is 11.7 Å². The van der Waals surface area contributed by atoms with Crippen molar-refractivity contribution >= 4 is 5.78 Å². The van der Waals surface area contributed by atoms with Gasteiger partial charge in [-0.05, 0) is 11.6 Å². The Morgan fingerprint density at radius 3 is 2.24 bits per heavy atom. The topological polar surface area (TPSA) is 34.9 Å². The van der Waals surface area contributed by atoms with Crippen LogP contribution in [0.15, 0.2) is 79.1 Å². The number of benzene rings is 2. The van der Waals surface area contributed by atoms with Crippen LogP contribution < -0.4 is 0 Å². The maximum atomic E-state index is 12.8. The Bertz CT molecular complexity index is 691. The lowest BCUT2D eigenvalue weighted by atomic mass is 9.90. The van der Waals surface area contributed by atoms with E-state index in [0.717, 1.165) is 11.1 Å². The lowest BCUT2D eigenvalue weighted by Gasteiger charge is -2.16. The zero-order chi connectivity index (χ0) is 14.5. The van der Waals surface area contributed by atoms with Gasteiger partial charge in [-0.15, -0.1) is 0 Å². The maximum absolute atomic E-state index is 12.8. The van der Waals surface area contributed by atoms with Crippen molar-refractivity contribution in [3.63, 3.8) is 0 Å². The molecular weight excluding hydrogens is 260 g/mol. The highest BCUT2D eigenvalue weighted by atomic mass is 16.1. The summed E-state index contributed by atoms with van der Waals surface area (Å²) in [5, 5.41) is 4.22. The molecular formula is C18H16N2O. The molecule has 0 fully saturated rings. The number of nitrogens with zero attached hydrogens (tertiary/aromatic N) is 2. The molecule has 0 bridgehead atoms. The predicted molar refractivity (Wildman–Crippen MR) is 82.2 cm³/mol. The Morgan fingerprint density at radius 1 is 0.952 bits per heavy atom. The number of hydrogen-bond donors (Lipinski definition) is 0. The van der Waals surface area contributed by atoms with Crippen molar-refractivity contribution in [1.82, 2.24) is 9.78 Å². The largest absolute Gasteiger partial charge is 0.293 e. The SMILES string of the molecule is O=C(c1ccccc1)[C@H](Cn1cccn1)c1ccccc1. The monoisotopic (exact) mass is 276 g/mol. The van der Waals surface area contributed by atoms with Crippen LogP contribution in [-0.2, 0) is 6.54 Å². The Labute approximate surface area is 123 Å². The average molecular weight is 276 g/mol. The van der Waals surface area contributed by atoms with Crippen molar-refractivity contribution in [1.29, 1.82) is 0 Å². The van der Waals surface area contributed by atoms with Crippen LogP contribution in [0.3, 0.4) is 0 Å². The highest BCUT2D eigenvalue weighted by Crippen LogP contribution is 2.22. The molecule has 21 heavy (non-hydrogen) atoms. The van der Waals surface area contributed by atoms with Gasteiger partial charge in [-0.2, -0.15) is 5.10 Å². The summed E-state index contributed by atoms with van der Waals surface area (Å²) in [7, 11) is 0. The molecule has 0 saturated heterocycles. The van der Waals surface area contributed by atoms with E-state index in [9.17, 15) is 4.79 Å². The van der Waals surface area contributed by atoms with Crippen molar-refractivity contribution in [2.45, 2.75) is 12.5 Å². The number of carbonyl (C=O) groups excluding carboxylic acids is 1. The normalized spacial score (nSPS) is 12.0. The van der Waals surface area contributed by atoms with Gasteiger partial charge in [0.15, 0.2) is 5.78 Å². The van der Waals surface area contributed by atoms with Gasteiger partial charge >= 0.3 is 0 Å². The summed E-state index contributed by atoms with van der Waals surface area (Å²) < 4.78 is 1.80. The highest BCUT2D eigenvalue weighted by Gasteiger charge is 2.22. The van der Waals surface area contributed by atoms with E-state index in [4.69, 9.17) is 0 Å². The first-order chi connectivity index (χ1) is 10.3. The van der Waals surface area contributed by atoms with Crippen molar-refractivity contribution in [2.24, 2.45) is 0 Å². The standard InChI is InChI=1S/C18H16N2O/c21-18(16-10-5-2-6-11-16)17(14-20-13-7-12-19-20)15-8-3-1-4-9-15/h1-13,17H,14H2/t17-/m1/s1. The molecule has 3 aromatic rings. The van der Waals surface area contributed by atoms with Crippen LogP contribution in [0, 0.1) is 0 Å². The van der Waals surface area contributed by atoms with Gasteiger partial charge in [0.05, 0.1) is 12.5 Å². The molecule has 3 nitrogen and oxygen atoms in total. The van der Waals surface area contributed by atoms with E-state index >= 15 is 0 Å². The van der Waals surface area contributed by atoms with Gasteiger partial charge in [-0.25, -0.2) is 0 Å². The van der Waals surface area contributed by atoms with Gasteiger partial charge in [0.1, 0.15) is 0 Å². The molecule has 0 N–H and O–H groups in total. The molecule has 1 atom stereocenters. The van der Waals surface area contributed by atoms with Crippen LogP contribution in [0.4, 0.5) is 0 Å². The Kier molecular flexibility index (Phi) is 3.92. The molecule has 0 unspecified atom stereocenters. The minimum Gasteiger partial charge on any atom is -0.293 e. The molecule has 0 radical (unpaired) electrons. The molecule has 0 aliphatic carbocycles. The predicted octanol–water partition coefficient (Wildman–Crippen LogP) is 3.55. The summed E-state index contributed by atoms with van der Waals surface area (Å²) in [6.45, 7) is 0.546. The van der Waals surface area contributed by atoms with Crippen LogP contribution in [0.5, 0.6) is 0 Å². The Hall–Kier alpha value is -2.68. The van der Waals surface area contributed by atoms with E-state index in [1.807, 2.05) is 72.9 Å². The Balaban J connectivity index is 1.94. The van der Waals surface area contributed by atoms with Gasteiger partial charge in [-0.3, -0.25) is 9.48 Å². The fourth-order valence-electron chi connectivity index (χ4n) is 2.42. The second-order valence-corrected chi connectivity index (χ2v) is 4.92. The van der Waals surface area contributed by atoms with Gasteiger partial charge in [0.2, 0.25) is 0 Å². The average Bonchev–Trinajstić information content (AvgIpc) is 3.07. The van der Waals surface area contributed by atoms with Crippen molar-refractivity contribution in [3.8, 4) is 0 Å². The van der Waals surface area contributed by atoms with Crippen molar-refractivity contribution in [3.05, 3.63) is 90.3 Å². The van der Waals surface area contributed by atoms with Crippen molar-refractivity contribution < 1.29 is 4.79 Å². The summed E-state index contributed by atoms with van der Waals surface area (Å²) in [5.41, 5.74) is 1.75. The number of aromatic nitrogens is 2. The van der Waals surface area contributed by atoms with Gasteiger partial charge < -0.3 is 0 Å². The molecule has 1 heterocycles. The Morgan fingerprint density at radius 2 is 1.62 bits per heavy atom. The second kappa shape index (κ2) is 6.18. The van der Waals surface area contributed by atoms with E-state index in [1.54, 1.807) is 10.9 Å². The number of ketones is 1. The smallest absolute Gasteiger partial charge is 0.172 e. The summed E-state index contributed by atoms with van der Waals surface area (Å²) in [4.78, 5) is 12.8. The molecule has 0 aliphatic rings. The van der Waals surface area contributed by atoms with E-state index in [1.165, 1.54) is 0 Å². The van der Waals surface area contributed by atoms with Crippen LogP contribution in [0.2, 0.25) is 0 Å². The molecule has 0 spiro atoms. The third kappa shape index (κ3) is 3.08. The zero-order valence-corrected chi connectivity index (χ0v) is 11.6. The third-order valence-electron chi connectivity index (χ3n) is 3.51. The van der Waals surface area contributed by atoms with Gasteiger partial charge in [0.25, 0.3) is 0 Å². The highest BCUT2D eigenvalue weighted by molar-refractivity contribution is 6.00. The molecule has 104 valence electrons. The van der Waals surface area contributed by atoms with E-state index < -0.39 is 0 Å². The number of rotatable bonds is 5. The fourth-order valence-corrected chi connectivity index (χ4v) is 2.42. The van der Waals surface area contributed by atoms with Crippen molar-refractivity contribution in [2.75, 3.05) is 0 Å². The minimum absolute atomic E-state index is 0.123. The first-order valence-corrected chi connectivity index (χ1v) is 6.96. The summed E-state index contributed by atoms with van der Waals surface area (Å²) in [5.74, 6) is -0.106. The first kappa shape index (κ1) is 13.3. The number of carbonyl (C=O) groups is 1. The van der Waals surface area contributed by atoms with Crippen LogP contribution >= 0.6 is 0 Å². The lowest BCUT2D eigenvalue weighted by molar-refractivity contribution is 0.0949. The zero-order valence-electron chi connectivity index (χ0n) is 11.6. The lowest BCUT2D eigenvalue weighted by Crippen LogP contribution is -2.19. The van der Waals surface area contributed by atoms with Crippen LogP contribution in [0.25, 0.3) is 0 Å². The van der Waals surface area contributed by atoms with Gasteiger partial charge in [0, 0.05) is 18.0 Å². The van der Waals surface area contributed by atoms with Crippen LogP contribution in [-0.4, -0.2) is 15.6 Å². The number of hydrogen-bond acceptors (Lipinski definition) is 2. The minimum atomic E-state index is -0.228. The van der Waals surface area contributed by atoms with Gasteiger partial charge in [-0.1, -0.05) is 60.7 Å². The molecule has 3 rings (SSSR count). The number of Topliss-reactive ketones (excluding diaryl/α,β-unsaturated/α-hetero) is 1. The molecule has 0 saturated carbocycles. The molecule has 0 amide bonds. The third-order valence-corrected chi connectivity index (χ3v) is 3.51. The summed E-state index contributed by atoms with van der Waals surface area (Å²) in [6, 6.07) is 21.2. The fraction of sp³-hybridized carbons (Fsp3) is 0.111. The first-order valence-electron chi connectivity index (χ1n) is 6.96. The van der Waals surface area contributed by atoms with E-state index in [2.05, 4.69) is 5.10 Å². The second-order valence-electron chi connectivity index (χ2n) is 4.92. The summed E-state index contributed by atoms with van der Waals surface area (Å²) >= 11 is 0. The maximum Gasteiger partial charge on any atom is 0.172 e.